The average molecular weight is 490 g/mol. The number of nitrogens with one attached hydrogen (secondary N) is 2. The molecule has 3 N–H and O–H groups in total. The maximum atomic E-state index is 13.0. The number of hydrogen-bond acceptors (Lipinski definition) is 7. The summed E-state index contributed by atoms with van der Waals surface area (Å²) in [5.74, 6) is -0.423. The van der Waals surface area contributed by atoms with Crippen molar-refractivity contribution < 1.29 is 19.4 Å². The van der Waals surface area contributed by atoms with E-state index in [0.717, 1.165) is 28.9 Å². The summed E-state index contributed by atoms with van der Waals surface area (Å²) in [6.07, 6.45) is 1.83. The van der Waals surface area contributed by atoms with Gasteiger partial charge in [-0.3, -0.25) is 9.59 Å². The molecule has 1 amide bonds. The zero-order valence-corrected chi connectivity index (χ0v) is 20.7. The van der Waals surface area contributed by atoms with E-state index in [9.17, 15) is 20.0 Å². The number of ether oxygens (including phenoxy) is 1. The summed E-state index contributed by atoms with van der Waals surface area (Å²) in [4.78, 5) is 25.7. The number of para-hydroxylation sites is 1. The maximum Gasteiger partial charge on any atom is 0.234 e. The Bertz CT molecular complexity index is 1290. The molecule has 2 aromatic carbocycles. The van der Waals surface area contributed by atoms with Crippen LogP contribution in [0, 0.1) is 25.2 Å². The molecule has 1 heterocycles. The average Bonchev–Trinajstić information content (AvgIpc) is 2.84. The lowest BCUT2D eigenvalue weighted by atomic mass is 9.77. The van der Waals surface area contributed by atoms with Gasteiger partial charge in [-0.1, -0.05) is 36.0 Å². The van der Waals surface area contributed by atoms with Crippen molar-refractivity contribution in [2.24, 2.45) is 0 Å². The van der Waals surface area contributed by atoms with Crippen LogP contribution < -0.4 is 15.4 Å². The molecule has 8 heteroatoms. The first-order valence-electron chi connectivity index (χ1n) is 11.4. The number of rotatable bonds is 6. The Morgan fingerprint density at radius 1 is 1.26 bits per heavy atom. The van der Waals surface area contributed by atoms with Crippen LogP contribution in [0.1, 0.15) is 41.9 Å². The number of carbonyl (C=O) groups excluding carboxylic acids is 2. The van der Waals surface area contributed by atoms with Crippen LogP contribution >= 0.6 is 11.8 Å². The number of ketones is 1. The number of phenolic OH excluding ortho intramolecular Hbond substituents is 1. The van der Waals surface area contributed by atoms with E-state index in [4.69, 9.17) is 4.74 Å². The third-order valence-corrected chi connectivity index (χ3v) is 7.31. The number of carbonyl (C=O) groups is 2. The quantitative estimate of drug-likeness (QED) is 0.533. The first kappa shape index (κ1) is 24.4. The molecule has 0 saturated carbocycles. The van der Waals surface area contributed by atoms with Gasteiger partial charge in [-0.25, -0.2) is 0 Å². The third kappa shape index (κ3) is 4.91. The van der Waals surface area contributed by atoms with Gasteiger partial charge >= 0.3 is 0 Å². The number of Topliss-reactive ketones (excluding diaryl/α,β-unsaturated/α-hetero) is 1. The molecule has 1 aliphatic carbocycles. The molecule has 1 atom stereocenters. The molecule has 0 aromatic heterocycles. The van der Waals surface area contributed by atoms with E-state index in [0.29, 0.717) is 34.6 Å². The number of anilines is 1. The van der Waals surface area contributed by atoms with Crippen LogP contribution in [0.25, 0.3) is 0 Å². The fourth-order valence-corrected chi connectivity index (χ4v) is 5.43. The van der Waals surface area contributed by atoms with Gasteiger partial charge in [0, 0.05) is 23.4 Å². The zero-order chi connectivity index (χ0) is 25.1. The Hall–Kier alpha value is -3.70. The number of aromatic hydroxyl groups is 1. The summed E-state index contributed by atoms with van der Waals surface area (Å²) in [7, 11) is 1.45. The third-order valence-electron chi connectivity index (χ3n) is 6.29. The summed E-state index contributed by atoms with van der Waals surface area (Å²) in [5, 5.41) is 27.0. The lowest BCUT2D eigenvalue weighted by Crippen LogP contribution is -2.31. The molecular formula is C27H27N3O4S. The molecule has 0 bridgehead atoms. The van der Waals surface area contributed by atoms with Gasteiger partial charge in [-0.2, -0.15) is 5.26 Å². The number of amides is 1. The molecule has 0 spiro atoms. The molecule has 1 unspecified atom stereocenters. The number of nitrogens with zero attached hydrogens (tertiary/aromatic N) is 1. The highest BCUT2D eigenvalue weighted by Gasteiger charge is 2.37. The molecule has 180 valence electrons. The minimum Gasteiger partial charge on any atom is -0.504 e. The Kier molecular flexibility index (Phi) is 7.17. The Morgan fingerprint density at radius 3 is 2.69 bits per heavy atom. The van der Waals surface area contributed by atoms with E-state index in [-0.39, 0.29) is 28.9 Å². The fourth-order valence-electron chi connectivity index (χ4n) is 4.57. The molecular weight excluding hydrogens is 462 g/mol. The van der Waals surface area contributed by atoms with Crippen molar-refractivity contribution in [3.63, 3.8) is 0 Å². The first-order valence-corrected chi connectivity index (χ1v) is 12.4. The number of benzene rings is 2. The predicted octanol–water partition coefficient (Wildman–Crippen LogP) is 4.82. The van der Waals surface area contributed by atoms with Crippen LogP contribution in [-0.2, 0) is 9.59 Å². The van der Waals surface area contributed by atoms with Crippen LogP contribution in [0.2, 0.25) is 0 Å². The van der Waals surface area contributed by atoms with Gasteiger partial charge in [0.25, 0.3) is 0 Å². The summed E-state index contributed by atoms with van der Waals surface area (Å²) in [5.41, 5.74) is 5.16. The van der Waals surface area contributed by atoms with Gasteiger partial charge in [0.15, 0.2) is 17.3 Å². The van der Waals surface area contributed by atoms with Crippen LogP contribution in [0.3, 0.4) is 0 Å². The van der Waals surface area contributed by atoms with Crippen LogP contribution in [-0.4, -0.2) is 29.7 Å². The van der Waals surface area contributed by atoms with Crippen LogP contribution in [0.4, 0.5) is 5.69 Å². The van der Waals surface area contributed by atoms with Crippen molar-refractivity contribution >= 4 is 29.1 Å². The van der Waals surface area contributed by atoms with E-state index < -0.39 is 5.92 Å². The van der Waals surface area contributed by atoms with Gasteiger partial charge in [-0.05, 0) is 55.5 Å². The van der Waals surface area contributed by atoms with E-state index in [1.807, 2.05) is 32.0 Å². The summed E-state index contributed by atoms with van der Waals surface area (Å²) in [6.45, 7) is 3.89. The highest BCUT2D eigenvalue weighted by molar-refractivity contribution is 8.03. The van der Waals surface area contributed by atoms with Gasteiger partial charge in [0.2, 0.25) is 5.91 Å². The highest BCUT2D eigenvalue weighted by atomic mass is 32.2. The minimum absolute atomic E-state index is 0.000336. The van der Waals surface area contributed by atoms with Gasteiger partial charge in [-0.15, -0.1) is 0 Å². The number of aryl methyl sites for hydroxylation is 2. The second kappa shape index (κ2) is 10.3. The summed E-state index contributed by atoms with van der Waals surface area (Å²) < 4.78 is 5.27. The van der Waals surface area contributed by atoms with Crippen molar-refractivity contribution in [2.45, 2.75) is 39.0 Å². The monoisotopic (exact) mass is 489 g/mol. The second-order valence-corrected chi connectivity index (χ2v) is 9.60. The molecule has 1 aliphatic heterocycles. The zero-order valence-electron chi connectivity index (χ0n) is 19.9. The number of thioether (sulfide) groups is 1. The summed E-state index contributed by atoms with van der Waals surface area (Å²) >= 11 is 1.25. The number of phenols is 1. The number of nitriles is 1. The van der Waals surface area contributed by atoms with Crippen molar-refractivity contribution in [3.8, 4) is 17.6 Å². The Labute approximate surface area is 208 Å². The largest absolute Gasteiger partial charge is 0.504 e. The standard InChI is InChI=1S/C27H27N3O4S/c1-15-6-4-7-16(2)26(15)30-23(33)14-35-27-18(13-28)24(17-10-11-20(31)22(12-17)34-3)25-19(29-27)8-5-9-21(25)32/h4,6-7,10-12,24,29,31H,5,8-9,14H2,1-3H3,(H,30,33). The van der Waals surface area contributed by atoms with Crippen molar-refractivity contribution in [3.05, 3.63) is 75.0 Å². The molecule has 2 aliphatic rings. The lowest BCUT2D eigenvalue weighted by Gasteiger charge is -2.33. The van der Waals surface area contributed by atoms with Gasteiger partial charge < -0.3 is 20.5 Å². The topological polar surface area (TPSA) is 111 Å². The Morgan fingerprint density at radius 2 is 2.00 bits per heavy atom. The molecule has 35 heavy (non-hydrogen) atoms. The smallest absolute Gasteiger partial charge is 0.234 e. The van der Waals surface area contributed by atoms with E-state index in [1.165, 1.54) is 24.9 Å². The van der Waals surface area contributed by atoms with E-state index in [2.05, 4.69) is 16.7 Å². The van der Waals surface area contributed by atoms with Crippen molar-refractivity contribution in [2.75, 3.05) is 18.2 Å². The molecule has 4 rings (SSSR count). The fraction of sp³-hybridized carbons (Fsp3) is 0.296. The van der Waals surface area contributed by atoms with Crippen LogP contribution in [0.5, 0.6) is 11.5 Å². The van der Waals surface area contributed by atoms with Crippen LogP contribution in [0.15, 0.2) is 58.3 Å². The molecule has 0 saturated heterocycles. The van der Waals surface area contributed by atoms with E-state index >= 15 is 0 Å². The number of hydrogen-bond donors (Lipinski definition) is 3. The molecule has 0 fully saturated rings. The number of allylic oxidation sites excluding steroid dienone is 3. The van der Waals surface area contributed by atoms with Gasteiger partial charge in [0.05, 0.1) is 35.5 Å². The second-order valence-electron chi connectivity index (χ2n) is 8.62. The molecule has 2 aromatic rings. The minimum atomic E-state index is -0.595. The van der Waals surface area contributed by atoms with Gasteiger partial charge in [0.1, 0.15) is 0 Å². The van der Waals surface area contributed by atoms with Crippen molar-refractivity contribution in [1.29, 1.82) is 5.26 Å². The first-order chi connectivity index (χ1) is 16.8. The lowest BCUT2D eigenvalue weighted by molar-refractivity contribution is -0.116. The molecule has 0 radical (unpaired) electrons. The number of dihydropyridines is 1. The molecule has 7 nitrogen and oxygen atoms in total. The highest BCUT2D eigenvalue weighted by Crippen LogP contribution is 2.45. The van der Waals surface area contributed by atoms with E-state index in [1.54, 1.807) is 12.1 Å². The Balaban J connectivity index is 1.66. The van der Waals surface area contributed by atoms with Crippen molar-refractivity contribution in [1.82, 2.24) is 5.32 Å². The summed E-state index contributed by atoms with van der Waals surface area (Å²) in [6, 6.07) is 13.0. The maximum absolute atomic E-state index is 13.0. The predicted molar refractivity (Wildman–Crippen MR) is 136 cm³/mol. The number of methoxy groups -OCH3 is 1. The normalized spacial score (nSPS) is 17.4. The SMILES string of the molecule is COc1cc(C2C(C#N)=C(SCC(=O)Nc3c(C)cccc3C)NC3=C2C(=O)CCC3)ccc1O.